The third-order valence-corrected chi connectivity index (χ3v) is 5.72. The Bertz CT molecular complexity index is 612. The number of carboxylic acid groups (broad SMARTS) is 1. The van der Waals surface area contributed by atoms with Gasteiger partial charge in [-0.3, -0.25) is 0 Å². The van der Waals surface area contributed by atoms with E-state index in [0.717, 1.165) is 57.3 Å². The summed E-state index contributed by atoms with van der Waals surface area (Å²) < 4.78 is 2.06. The van der Waals surface area contributed by atoms with Crippen molar-refractivity contribution in [1.82, 2.24) is 19.6 Å². The zero-order valence-corrected chi connectivity index (χ0v) is 15.5. The molecule has 3 heterocycles. The normalized spacial score (nSPS) is 22.8. The minimum absolute atomic E-state index is 0.353. The van der Waals surface area contributed by atoms with E-state index in [-0.39, 0.29) is 0 Å². The molecule has 1 N–H and O–H groups in total. The highest BCUT2D eigenvalue weighted by molar-refractivity contribution is 5.64. The third-order valence-electron chi connectivity index (χ3n) is 5.72. The van der Waals surface area contributed by atoms with Gasteiger partial charge in [-0.2, -0.15) is 5.10 Å². The Labute approximate surface area is 154 Å². The average molecular weight is 363 g/mol. The maximum atomic E-state index is 11.2. The van der Waals surface area contributed by atoms with Crippen LogP contribution >= 0.6 is 0 Å². The number of nitrogens with zero attached hydrogens (tertiary/aromatic N) is 5. The van der Waals surface area contributed by atoms with Crippen LogP contribution in [0.2, 0.25) is 0 Å². The molecule has 8 nitrogen and oxygen atoms in total. The fourth-order valence-electron chi connectivity index (χ4n) is 4.23. The van der Waals surface area contributed by atoms with Crippen LogP contribution in [0.3, 0.4) is 0 Å². The number of piperidine rings is 1. The topological polar surface area (TPSA) is 81.9 Å². The Morgan fingerprint density at radius 2 is 1.96 bits per heavy atom. The number of hydrogen-bond donors (Lipinski definition) is 1. The summed E-state index contributed by atoms with van der Waals surface area (Å²) in [6.07, 6.45) is 6.91. The monoisotopic (exact) mass is 363 g/mol. The minimum Gasteiger partial charge on any atom is -0.465 e. The zero-order valence-electron chi connectivity index (χ0n) is 15.5. The van der Waals surface area contributed by atoms with Crippen LogP contribution in [-0.4, -0.2) is 82.9 Å². The molecule has 1 atom stereocenters. The number of anilines is 1. The van der Waals surface area contributed by atoms with Crippen molar-refractivity contribution in [3.63, 3.8) is 0 Å². The molecule has 2 aliphatic heterocycles. The summed E-state index contributed by atoms with van der Waals surface area (Å²) in [5.41, 5.74) is 0. The highest BCUT2D eigenvalue weighted by Gasteiger charge is 2.29. The molecule has 0 radical (unpaired) electrons. The quantitative estimate of drug-likeness (QED) is 0.802. The Balaban J connectivity index is 1.56. The number of likely N-dealkylation sites (tertiary alicyclic amines) is 2. The van der Waals surface area contributed by atoms with Crippen LogP contribution in [-0.2, 0) is 4.79 Å². The van der Waals surface area contributed by atoms with Crippen molar-refractivity contribution in [2.24, 2.45) is 0 Å². The van der Waals surface area contributed by atoms with Gasteiger partial charge in [0.05, 0.1) is 18.8 Å². The van der Waals surface area contributed by atoms with Gasteiger partial charge in [0, 0.05) is 45.3 Å². The van der Waals surface area contributed by atoms with Crippen LogP contribution in [0.15, 0.2) is 12.3 Å². The van der Waals surface area contributed by atoms with Crippen LogP contribution in [0.5, 0.6) is 0 Å². The van der Waals surface area contributed by atoms with E-state index in [1.807, 2.05) is 18.0 Å². The van der Waals surface area contributed by atoms with Gasteiger partial charge in [0.2, 0.25) is 0 Å². The number of aldehydes is 1. The van der Waals surface area contributed by atoms with Gasteiger partial charge in [-0.05, 0) is 32.1 Å². The van der Waals surface area contributed by atoms with Gasteiger partial charge in [0.25, 0.3) is 0 Å². The van der Waals surface area contributed by atoms with Gasteiger partial charge in [-0.15, -0.1) is 0 Å². The third kappa shape index (κ3) is 4.17. The van der Waals surface area contributed by atoms with Gasteiger partial charge >= 0.3 is 6.09 Å². The molecule has 26 heavy (non-hydrogen) atoms. The van der Waals surface area contributed by atoms with E-state index < -0.39 is 6.09 Å². The number of amides is 1. The summed E-state index contributed by atoms with van der Waals surface area (Å²) in [4.78, 5) is 28.0. The zero-order chi connectivity index (χ0) is 18.5. The first kappa shape index (κ1) is 18.7. The first-order valence-electron chi connectivity index (χ1n) is 9.50. The van der Waals surface area contributed by atoms with E-state index >= 15 is 0 Å². The average Bonchev–Trinajstić information content (AvgIpc) is 2.99. The molecule has 1 aromatic heterocycles. The number of likely N-dealkylation sites (N-methyl/N-ethyl adjacent to an activating group) is 1. The Kier molecular flexibility index (Phi) is 6.13. The first-order valence-corrected chi connectivity index (χ1v) is 9.50. The van der Waals surface area contributed by atoms with Gasteiger partial charge in [0.15, 0.2) is 0 Å². The fraction of sp³-hybridized carbons (Fsp3) is 0.722. The lowest BCUT2D eigenvalue weighted by Crippen LogP contribution is -2.43. The number of carbonyl (C=O) groups excluding carboxylic acids is 1. The Morgan fingerprint density at radius 1 is 1.23 bits per heavy atom. The summed E-state index contributed by atoms with van der Waals surface area (Å²) >= 11 is 0. The van der Waals surface area contributed by atoms with E-state index in [9.17, 15) is 14.7 Å². The molecule has 2 saturated heterocycles. The number of rotatable bonds is 5. The number of hydrogen-bond acceptors (Lipinski definition) is 5. The lowest BCUT2D eigenvalue weighted by atomic mass is 10.00. The fourth-order valence-corrected chi connectivity index (χ4v) is 4.23. The molecule has 1 aromatic rings. The van der Waals surface area contributed by atoms with E-state index in [1.165, 1.54) is 0 Å². The molecule has 8 heteroatoms. The van der Waals surface area contributed by atoms with Crippen molar-refractivity contribution in [1.29, 1.82) is 0 Å². The second kappa shape index (κ2) is 8.53. The Hall–Kier alpha value is -2.09. The van der Waals surface area contributed by atoms with Crippen molar-refractivity contribution in [2.75, 3.05) is 44.7 Å². The maximum Gasteiger partial charge on any atom is 0.407 e. The number of aromatic nitrogens is 2. The van der Waals surface area contributed by atoms with Crippen molar-refractivity contribution in [3.8, 4) is 0 Å². The van der Waals surface area contributed by atoms with E-state index in [2.05, 4.69) is 14.7 Å². The molecular formula is C18H29N5O3. The molecule has 0 bridgehead atoms. The van der Waals surface area contributed by atoms with Crippen LogP contribution in [0, 0.1) is 0 Å². The van der Waals surface area contributed by atoms with E-state index in [0.29, 0.717) is 31.7 Å². The standard InChI is InChI=1S/C18H29N5O3/c1-20(13-14-24)17-4-8-19-23(17)16-6-10-21(11-7-16)15-3-2-9-22(12-5-15)18(25)26/h4,8,14-16H,2-3,5-7,9-13H2,1H3,(H,25,26). The summed E-state index contributed by atoms with van der Waals surface area (Å²) in [6, 6.07) is 2.79. The van der Waals surface area contributed by atoms with Gasteiger partial charge < -0.3 is 24.6 Å². The largest absolute Gasteiger partial charge is 0.465 e. The molecule has 0 aromatic carbocycles. The van der Waals surface area contributed by atoms with Crippen molar-refractivity contribution < 1.29 is 14.7 Å². The van der Waals surface area contributed by atoms with Crippen molar-refractivity contribution in [2.45, 2.75) is 44.2 Å². The lowest BCUT2D eigenvalue weighted by molar-refractivity contribution is -0.106. The SMILES string of the molecule is CN(CC=O)c1ccnn1C1CCN(C2CCCN(C(=O)O)CC2)CC1. The Morgan fingerprint density at radius 3 is 2.65 bits per heavy atom. The smallest absolute Gasteiger partial charge is 0.407 e. The molecule has 0 saturated carbocycles. The van der Waals surface area contributed by atoms with Crippen LogP contribution in [0.1, 0.15) is 38.1 Å². The van der Waals surface area contributed by atoms with Gasteiger partial charge in [-0.25, -0.2) is 9.48 Å². The van der Waals surface area contributed by atoms with Crippen LogP contribution in [0.25, 0.3) is 0 Å². The maximum absolute atomic E-state index is 11.2. The highest BCUT2D eigenvalue weighted by Crippen LogP contribution is 2.29. The van der Waals surface area contributed by atoms with Crippen LogP contribution in [0.4, 0.5) is 10.6 Å². The summed E-state index contributed by atoms with van der Waals surface area (Å²) in [6.45, 7) is 3.69. The molecule has 1 unspecified atom stereocenters. The van der Waals surface area contributed by atoms with E-state index in [4.69, 9.17) is 0 Å². The second-order valence-electron chi connectivity index (χ2n) is 7.30. The van der Waals surface area contributed by atoms with Gasteiger partial charge in [0.1, 0.15) is 12.1 Å². The molecular weight excluding hydrogens is 334 g/mol. The molecule has 3 rings (SSSR count). The van der Waals surface area contributed by atoms with E-state index in [1.54, 1.807) is 11.1 Å². The molecule has 2 fully saturated rings. The first-order chi connectivity index (χ1) is 12.6. The molecule has 2 aliphatic rings. The van der Waals surface area contributed by atoms with Gasteiger partial charge in [-0.1, -0.05) is 0 Å². The predicted octanol–water partition coefficient (Wildman–Crippen LogP) is 1.69. The highest BCUT2D eigenvalue weighted by atomic mass is 16.4. The molecule has 0 spiro atoms. The molecule has 0 aliphatic carbocycles. The van der Waals surface area contributed by atoms with Crippen molar-refractivity contribution >= 4 is 18.2 Å². The summed E-state index contributed by atoms with van der Waals surface area (Å²) in [7, 11) is 1.91. The van der Waals surface area contributed by atoms with Crippen LogP contribution < -0.4 is 4.90 Å². The molecule has 1 amide bonds. The van der Waals surface area contributed by atoms with Crippen molar-refractivity contribution in [3.05, 3.63) is 12.3 Å². The molecule has 144 valence electrons. The second-order valence-corrected chi connectivity index (χ2v) is 7.30. The summed E-state index contributed by atoms with van der Waals surface area (Å²) in [5, 5.41) is 13.7. The predicted molar refractivity (Wildman–Crippen MR) is 98.6 cm³/mol. The summed E-state index contributed by atoms with van der Waals surface area (Å²) in [5.74, 6) is 0.988. The minimum atomic E-state index is -0.796. The number of carbonyl (C=O) groups is 2. The lowest BCUT2D eigenvalue weighted by Gasteiger charge is -2.38.